The van der Waals surface area contributed by atoms with Gasteiger partial charge >= 0.3 is 0 Å². The van der Waals surface area contributed by atoms with Gasteiger partial charge in [0.1, 0.15) is 5.75 Å². The first kappa shape index (κ1) is 9.42. The van der Waals surface area contributed by atoms with Crippen molar-refractivity contribution >= 4 is 44.5 Å². The Bertz CT molecular complexity index is 275. The summed E-state index contributed by atoms with van der Waals surface area (Å²) in [6, 6.07) is 3.76. The lowest BCUT2D eigenvalue weighted by atomic mass is 10.3. The van der Waals surface area contributed by atoms with Crippen LogP contribution in [0.15, 0.2) is 26.0 Å². The van der Waals surface area contributed by atoms with Gasteiger partial charge < -0.3 is 4.74 Å². The molecule has 0 saturated carbocycles. The fourth-order valence-electron chi connectivity index (χ4n) is 0.680. The molecule has 0 N–H and O–H groups in total. The van der Waals surface area contributed by atoms with Crippen LogP contribution in [0.25, 0.3) is 0 Å². The van der Waals surface area contributed by atoms with Gasteiger partial charge in [-0.1, -0.05) is 0 Å². The van der Waals surface area contributed by atoms with Crippen molar-refractivity contribution in [3.63, 3.8) is 0 Å². The van der Waals surface area contributed by atoms with Gasteiger partial charge in [-0.05, 0) is 44.0 Å². The largest absolute Gasteiger partial charge is 0.496 e. The zero-order valence-corrected chi connectivity index (χ0v) is 9.83. The third-order valence-corrected chi connectivity index (χ3v) is 3.78. The van der Waals surface area contributed by atoms with Crippen molar-refractivity contribution in [3.05, 3.63) is 21.1 Å². The number of rotatable bonds is 1. The van der Waals surface area contributed by atoms with E-state index in [0.717, 1.165) is 19.6 Å². The molecule has 4 heteroatoms. The van der Waals surface area contributed by atoms with Gasteiger partial charge in [-0.2, -0.15) is 0 Å². The predicted molar refractivity (Wildman–Crippen MR) is 55.6 cm³/mol. The summed E-state index contributed by atoms with van der Waals surface area (Å²) >= 11 is 11.0. The van der Waals surface area contributed by atoms with E-state index in [4.69, 9.17) is 4.74 Å². The van der Waals surface area contributed by atoms with Crippen molar-refractivity contribution in [3.8, 4) is 5.75 Å². The minimum atomic E-state index is 0.790. The van der Waals surface area contributed by atoms with E-state index in [2.05, 4.69) is 44.5 Å². The summed E-state index contributed by atoms with van der Waals surface area (Å²) in [6.45, 7) is 0. The smallest absolute Gasteiger partial charge is 0.134 e. The Morgan fingerprint density at radius 3 is 2.55 bits per heavy atom. The first-order valence-corrected chi connectivity index (χ1v) is 4.91. The highest BCUT2D eigenvalue weighted by Crippen LogP contribution is 2.35. The average Bonchev–Trinajstić information content (AvgIpc) is 2.01. The zero-order chi connectivity index (χ0) is 8.43. The molecule has 0 amide bonds. The Labute approximate surface area is 87.8 Å². The first-order chi connectivity index (χ1) is 5.16. The van der Waals surface area contributed by atoms with Crippen LogP contribution in [0.5, 0.6) is 5.75 Å². The van der Waals surface area contributed by atoms with Gasteiger partial charge in [0.15, 0.2) is 0 Å². The first-order valence-electron chi connectivity index (χ1n) is 2.87. The van der Waals surface area contributed by atoms with E-state index >= 15 is 0 Å². The van der Waals surface area contributed by atoms with E-state index in [-0.39, 0.29) is 0 Å². The summed E-state index contributed by atoms with van der Waals surface area (Å²) < 4.78 is 6.89. The third-order valence-electron chi connectivity index (χ3n) is 1.25. The van der Waals surface area contributed by atoms with Crippen LogP contribution in [0.1, 0.15) is 0 Å². The number of thiol groups is 1. The molecule has 0 saturated heterocycles. The molecule has 0 unspecified atom stereocenters. The molecule has 0 radical (unpaired) electrons. The van der Waals surface area contributed by atoms with Crippen LogP contribution in [0.4, 0.5) is 0 Å². The average molecular weight is 298 g/mol. The van der Waals surface area contributed by atoms with Gasteiger partial charge in [0.2, 0.25) is 0 Å². The molecule has 0 aliphatic carbocycles. The van der Waals surface area contributed by atoms with Crippen molar-refractivity contribution in [2.24, 2.45) is 0 Å². The second kappa shape index (κ2) is 3.83. The van der Waals surface area contributed by atoms with Crippen LogP contribution >= 0.6 is 44.5 Å². The van der Waals surface area contributed by atoms with E-state index in [1.54, 1.807) is 7.11 Å². The monoisotopic (exact) mass is 296 g/mol. The maximum Gasteiger partial charge on any atom is 0.134 e. The number of hydrogen-bond acceptors (Lipinski definition) is 2. The maximum atomic E-state index is 5.06. The summed E-state index contributed by atoms with van der Waals surface area (Å²) in [5, 5.41) is 0. The van der Waals surface area contributed by atoms with E-state index in [1.165, 1.54) is 0 Å². The molecule has 0 aromatic heterocycles. The summed E-state index contributed by atoms with van der Waals surface area (Å²) in [4.78, 5) is 0.851. The highest BCUT2D eigenvalue weighted by molar-refractivity contribution is 9.11. The molecule has 0 heterocycles. The van der Waals surface area contributed by atoms with Gasteiger partial charge in [-0.25, -0.2) is 0 Å². The molecule has 1 aromatic rings. The summed E-state index contributed by atoms with van der Waals surface area (Å²) in [5.74, 6) is 0.790. The molecule has 0 spiro atoms. The molecule has 1 rings (SSSR count). The van der Waals surface area contributed by atoms with Crippen molar-refractivity contribution in [2.45, 2.75) is 4.90 Å². The molecule has 0 bridgehead atoms. The lowest BCUT2D eigenvalue weighted by Crippen LogP contribution is -1.85. The summed E-state index contributed by atoms with van der Waals surface area (Å²) in [7, 11) is 1.63. The van der Waals surface area contributed by atoms with Gasteiger partial charge in [0, 0.05) is 9.37 Å². The number of methoxy groups -OCH3 is 1. The van der Waals surface area contributed by atoms with Crippen molar-refractivity contribution in [2.75, 3.05) is 7.11 Å². The fraction of sp³-hybridized carbons (Fsp3) is 0.143. The maximum absolute atomic E-state index is 5.06. The van der Waals surface area contributed by atoms with E-state index in [9.17, 15) is 0 Å². The van der Waals surface area contributed by atoms with Gasteiger partial charge in [0.05, 0.1) is 11.6 Å². The Morgan fingerprint density at radius 1 is 1.36 bits per heavy atom. The summed E-state index contributed by atoms with van der Waals surface area (Å²) in [6.07, 6.45) is 0. The number of benzene rings is 1. The topological polar surface area (TPSA) is 9.23 Å². The molecule has 11 heavy (non-hydrogen) atoms. The van der Waals surface area contributed by atoms with E-state index < -0.39 is 0 Å². The highest BCUT2D eigenvalue weighted by Gasteiger charge is 2.05. The second-order valence-electron chi connectivity index (χ2n) is 1.91. The Balaban J connectivity index is 3.25. The normalized spacial score (nSPS) is 9.82. The molecule has 0 atom stereocenters. The van der Waals surface area contributed by atoms with Crippen LogP contribution in [-0.2, 0) is 0 Å². The van der Waals surface area contributed by atoms with Crippen molar-refractivity contribution in [1.82, 2.24) is 0 Å². The van der Waals surface area contributed by atoms with E-state index in [1.807, 2.05) is 12.1 Å². The number of ether oxygens (including phenoxy) is 1. The van der Waals surface area contributed by atoms with Crippen LogP contribution in [0.2, 0.25) is 0 Å². The molecule has 0 fully saturated rings. The minimum Gasteiger partial charge on any atom is -0.496 e. The molecular weight excluding hydrogens is 292 g/mol. The van der Waals surface area contributed by atoms with Crippen molar-refractivity contribution < 1.29 is 4.74 Å². The fourth-order valence-corrected chi connectivity index (χ4v) is 1.97. The zero-order valence-electron chi connectivity index (χ0n) is 5.77. The molecule has 0 aliphatic heterocycles. The Kier molecular flexibility index (Phi) is 3.28. The van der Waals surface area contributed by atoms with E-state index in [0.29, 0.717) is 0 Å². The quantitative estimate of drug-likeness (QED) is 0.781. The minimum absolute atomic E-state index is 0.790. The third kappa shape index (κ3) is 1.92. The standard InChI is InChI=1S/C7H6Br2OS/c1-10-5-3-2-4(8)7(11)6(5)9/h2-3,11H,1H3. The predicted octanol–water partition coefficient (Wildman–Crippen LogP) is 3.51. The lowest BCUT2D eigenvalue weighted by molar-refractivity contribution is 0.410. The van der Waals surface area contributed by atoms with Crippen LogP contribution in [0.3, 0.4) is 0 Å². The molecule has 0 aliphatic rings. The molecule has 1 nitrogen and oxygen atoms in total. The molecule has 60 valence electrons. The van der Waals surface area contributed by atoms with Crippen molar-refractivity contribution in [1.29, 1.82) is 0 Å². The number of hydrogen-bond donors (Lipinski definition) is 1. The lowest BCUT2D eigenvalue weighted by Gasteiger charge is -2.05. The highest BCUT2D eigenvalue weighted by atomic mass is 79.9. The van der Waals surface area contributed by atoms with Crippen LogP contribution < -0.4 is 4.74 Å². The summed E-state index contributed by atoms with van der Waals surface area (Å²) in [5.41, 5.74) is 0. The Hall–Kier alpha value is 0.330. The molecular formula is C7H6Br2OS. The second-order valence-corrected chi connectivity index (χ2v) is 4.01. The van der Waals surface area contributed by atoms with Gasteiger partial charge in [-0.15, -0.1) is 12.6 Å². The molecule has 1 aromatic carbocycles. The van der Waals surface area contributed by atoms with Gasteiger partial charge in [0.25, 0.3) is 0 Å². The van der Waals surface area contributed by atoms with Gasteiger partial charge in [-0.3, -0.25) is 0 Å². The SMILES string of the molecule is COc1ccc(Br)c(S)c1Br. The van der Waals surface area contributed by atoms with Crippen LogP contribution in [0, 0.1) is 0 Å². The van der Waals surface area contributed by atoms with Crippen LogP contribution in [-0.4, -0.2) is 7.11 Å². The number of halogens is 2. The Morgan fingerprint density at radius 2 is 2.00 bits per heavy atom.